The second-order valence-corrected chi connectivity index (χ2v) is 6.50. The number of fused-ring (bicyclic) bond motifs is 1. The Bertz CT molecular complexity index is 870. The van der Waals surface area contributed by atoms with Gasteiger partial charge < -0.3 is 9.88 Å². The number of hydrogen-bond acceptors (Lipinski definition) is 2. The van der Waals surface area contributed by atoms with Gasteiger partial charge in [-0.15, -0.1) is 0 Å². The number of nitrogens with zero attached hydrogens (tertiary/aromatic N) is 2. The van der Waals surface area contributed by atoms with Crippen molar-refractivity contribution >= 4 is 16.9 Å². The molecule has 1 amide bonds. The number of carbonyl (C=O) groups excluding carboxylic acids is 1. The van der Waals surface area contributed by atoms with Crippen molar-refractivity contribution in [3.8, 4) is 0 Å². The normalized spacial score (nSPS) is 11.6. The molecule has 0 aliphatic rings. The number of nitrogens with one attached hydrogen (secondary N) is 1. The van der Waals surface area contributed by atoms with E-state index in [2.05, 4.69) is 10.3 Å². The van der Waals surface area contributed by atoms with E-state index < -0.39 is 5.41 Å². The molecule has 0 saturated carbocycles. The van der Waals surface area contributed by atoms with E-state index in [1.807, 2.05) is 38.1 Å². The zero-order chi connectivity index (χ0) is 17.2. The summed E-state index contributed by atoms with van der Waals surface area (Å²) >= 11 is 0. The average molecular weight is 325 g/mol. The first-order valence-electron chi connectivity index (χ1n) is 7.89. The van der Waals surface area contributed by atoms with Gasteiger partial charge in [0.2, 0.25) is 5.91 Å². The van der Waals surface area contributed by atoms with Crippen LogP contribution in [0.2, 0.25) is 0 Å². The third kappa shape index (κ3) is 3.30. The van der Waals surface area contributed by atoms with E-state index >= 15 is 0 Å². The van der Waals surface area contributed by atoms with E-state index in [0.717, 1.165) is 11.0 Å². The molecule has 4 nitrogen and oxygen atoms in total. The number of aromatic nitrogens is 2. The van der Waals surface area contributed by atoms with Crippen molar-refractivity contribution in [2.24, 2.45) is 0 Å². The molecular weight excluding hydrogens is 305 g/mol. The van der Waals surface area contributed by atoms with Crippen LogP contribution in [0, 0.1) is 5.82 Å². The monoisotopic (exact) mass is 325 g/mol. The van der Waals surface area contributed by atoms with Gasteiger partial charge in [-0.2, -0.15) is 0 Å². The highest BCUT2D eigenvalue weighted by Gasteiger charge is 2.24. The maximum absolute atomic E-state index is 14.0. The third-order valence-corrected chi connectivity index (χ3v) is 4.17. The Labute approximate surface area is 140 Å². The Morgan fingerprint density at radius 3 is 2.67 bits per heavy atom. The summed E-state index contributed by atoms with van der Waals surface area (Å²) in [7, 11) is 0. The fraction of sp³-hybridized carbons (Fsp3) is 0.263. The molecule has 124 valence electrons. The van der Waals surface area contributed by atoms with Crippen LogP contribution in [0.25, 0.3) is 11.0 Å². The molecule has 0 radical (unpaired) electrons. The minimum atomic E-state index is -0.488. The highest BCUT2D eigenvalue weighted by atomic mass is 19.1. The number of para-hydroxylation sites is 2. The van der Waals surface area contributed by atoms with Crippen LogP contribution in [-0.2, 0) is 16.8 Å². The number of hydrogen-bond donors (Lipinski definition) is 1. The predicted octanol–water partition coefficient (Wildman–Crippen LogP) is 3.27. The van der Waals surface area contributed by atoms with E-state index in [9.17, 15) is 9.18 Å². The molecular formula is C19H20FN3O. The van der Waals surface area contributed by atoms with E-state index in [4.69, 9.17) is 0 Å². The number of benzene rings is 2. The van der Waals surface area contributed by atoms with Gasteiger partial charge in [-0.3, -0.25) is 4.79 Å². The van der Waals surface area contributed by atoms with Crippen LogP contribution in [0.3, 0.4) is 0 Å². The van der Waals surface area contributed by atoms with Crippen LogP contribution in [0.5, 0.6) is 0 Å². The first-order valence-corrected chi connectivity index (χ1v) is 7.89. The molecule has 1 heterocycles. The van der Waals surface area contributed by atoms with Crippen LogP contribution in [0.4, 0.5) is 4.39 Å². The van der Waals surface area contributed by atoms with E-state index in [0.29, 0.717) is 12.1 Å². The lowest BCUT2D eigenvalue weighted by molar-refractivity contribution is -0.121. The van der Waals surface area contributed by atoms with E-state index in [1.165, 1.54) is 6.07 Å². The molecule has 0 aliphatic heterocycles. The van der Waals surface area contributed by atoms with Crippen LogP contribution >= 0.6 is 0 Å². The summed E-state index contributed by atoms with van der Waals surface area (Å²) < 4.78 is 15.8. The van der Waals surface area contributed by atoms with Crippen molar-refractivity contribution < 1.29 is 9.18 Å². The van der Waals surface area contributed by atoms with Crippen molar-refractivity contribution in [3.05, 3.63) is 66.2 Å². The number of carbonyl (C=O) groups is 1. The maximum Gasteiger partial charge on any atom is 0.240 e. The molecule has 3 aromatic rings. The minimum absolute atomic E-state index is 0.123. The molecule has 1 N–H and O–H groups in total. The number of amides is 1. The first kappa shape index (κ1) is 16.2. The van der Waals surface area contributed by atoms with Gasteiger partial charge in [0.1, 0.15) is 12.4 Å². The Balaban J connectivity index is 1.66. The number of halogens is 1. The fourth-order valence-corrected chi connectivity index (χ4v) is 2.77. The second-order valence-electron chi connectivity index (χ2n) is 6.50. The lowest BCUT2D eigenvalue weighted by Gasteiger charge is -2.26. The lowest BCUT2D eigenvalue weighted by atomic mass is 9.84. The molecule has 0 aliphatic carbocycles. The van der Waals surface area contributed by atoms with Gasteiger partial charge in [-0.05, 0) is 23.8 Å². The lowest BCUT2D eigenvalue weighted by Crippen LogP contribution is -2.38. The highest BCUT2D eigenvalue weighted by molar-refractivity contribution is 5.80. The predicted molar refractivity (Wildman–Crippen MR) is 92.2 cm³/mol. The number of rotatable bonds is 5. The van der Waals surface area contributed by atoms with Crippen LogP contribution in [-0.4, -0.2) is 22.0 Å². The Hall–Kier alpha value is -2.69. The van der Waals surface area contributed by atoms with E-state index in [-0.39, 0.29) is 18.3 Å². The van der Waals surface area contributed by atoms with Gasteiger partial charge in [0.25, 0.3) is 0 Å². The summed E-state index contributed by atoms with van der Waals surface area (Å²) in [5, 5.41) is 2.90. The molecule has 0 saturated heterocycles. The van der Waals surface area contributed by atoms with Crippen molar-refractivity contribution in [3.63, 3.8) is 0 Å². The summed E-state index contributed by atoms with van der Waals surface area (Å²) in [4.78, 5) is 16.5. The highest BCUT2D eigenvalue weighted by Crippen LogP contribution is 2.24. The standard InChI is InChI=1S/C19H20FN3O/c1-19(2,14-7-3-4-8-15(14)20)12-21-18(24)11-23-13-22-16-9-5-6-10-17(16)23/h3-10,13H,11-12H2,1-2H3,(H,21,24). The molecule has 0 atom stereocenters. The van der Waals surface area contributed by atoms with Gasteiger partial charge in [0.05, 0.1) is 17.4 Å². The van der Waals surface area contributed by atoms with Crippen molar-refractivity contribution in [2.75, 3.05) is 6.54 Å². The molecule has 24 heavy (non-hydrogen) atoms. The largest absolute Gasteiger partial charge is 0.354 e. The first-order chi connectivity index (χ1) is 11.5. The molecule has 5 heteroatoms. The molecule has 0 spiro atoms. The summed E-state index contributed by atoms with van der Waals surface area (Å²) in [6.45, 7) is 4.38. The number of imidazole rings is 1. The van der Waals surface area contributed by atoms with Crippen molar-refractivity contribution in [2.45, 2.75) is 25.8 Å². The molecule has 1 aromatic heterocycles. The van der Waals surface area contributed by atoms with Gasteiger partial charge >= 0.3 is 0 Å². The summed E-state index contributed by atoms with van der Waals surface area (Å²) in [5.41, 5.74) is 1.88. The molecule has 0 bridgehead atoms. The van der Waals surface area contributed by atoms with Crippen LogP contribution < -0.4 is 5.32 Å². The summed E-state index contributed by atoms with van der Waals surface area (Å²) in [6.07, 6.45) is 1.66. The molecule has 0 fully saturated rings. The molecule has 2 aromatic carbocycles. The van der Waals surface area contributed by atoms with Gasteiger partial charge in [-0.1, -0.05) is 44.2 Å². The average Bonchev–Trinajstić information content (AvgIpc) is 2.97. The topological polar surface area (TPSA) is 46.9 Å². The smallest absolute Gasteiger partial charge is 0.240 e. The Morgan fingerprint density at radius 2 is 1.88 bits per heavy atom. The second kappa shape index (κ2) is 6.43. The quantitative estimate of drug-likeness (QED) is 0.782. The van der Waals surface area contributed by atoms with Crippen molar-refractivity contribution in [1.82, 2.24) is 14.9 Å². The van der Waals surface area contributed by atoms with Gasteiger partial charge in [0, 0.05) is 12.0 Å². The van der Waals surface area contributed by atoms with Crippen molar-refractivity contribution in [1.29, 1.82) is 0 Å². The van der Waals surface area contributed by atoms with E-state index in [1.54, 1.807) is 29.1 Å². The minimum Gasteiger partial charge on any atom is -0.354 e. The Kier molecular flexibility index (Phi) is 4.34. The zero-order valence-corrected chi connectivity index (χ0v) is 13.8. The van der Waals surface area contributed by atoms with Crippen LogP contribution in [0.1, 0.15) is 19.4 Å². The fourth-order valence-electron chi connectivity index (χ4n) is 2.77. The summed E-state index contributed by atoms with van der Waals surface area (Å²) in [6, 6.07) is 14.3. The third-order valence-electron chi connectivity index (χ3n) is 4.17. The van der Waals surface area contributed by atoms with Gasteiger partial charge in [-0.25, -0.2) is 9.37 Å². The SMILES string of the molecule is CC(C)(CNC(=O)Cn1cnc2ccccc21)c1ccccc1F. The molecule has 0 unspecified atom stereocenters. The van der Waals surface area contributed by atoms with Crippen LogP contribution in [0.15, 0.2) is 54.9 Å². The van der Waals surface area contributed by atoms with Gasteiger partial charge in [0.15, 0.2) is 0 Å². The molecule has 3 rings (SSSR count). The maximum atomic E-state index is 14.0. The zero-order valence-electron chi connectivity index (χ0n) is 13.8. The Morgan fingerprint density at radius 1 is 1.17 bits per heavy atom. The summed E-state index contributed by atoms with van der Waals surface area (Å²) in [5.74, 6) is -0.375.